The molecule has 1 aromatic heterocycles. The van der Waals surface area contributed by atoms with Crippen LogP contribution in [0.4, 0.5) is 32.0 Å². The molecular formula is C28H25F6N2O5S+. The van der Waals surface area contributed by atoms with Crippen LogP contribution in [0.2, 0.25) is 0 Å². The van der Waals surface area contributed by atoms with E-state index in [4.69, 9.17) is 0 Å². The van der Waals surface area contributed by atoms with Gasteiger partial charge >= 0.3 is 18.3 Å². The van der Waals surface area contributed by atoms with Gasteiger partial charge < -0.3 is 4.90 Å². The molecule has 0 unspecified atom stereocenters. The minimum atomic E-state index is -5.16. The lowest BCUT2D eigenvalue weighted by molar-refractivity contribution is -0.870. The molecule has 1 saturated heterocycles. The van der Waals surface area contributed by atoms with Gasteiger partial charge in [0.2, 0.25) is 18.3 Å². The highest BCUT2D eigenvalue weighted by Crippen LogP contribution is 2.40. The molecule has 1 fully saturated rings. The maximum Gasteiger partial charge on any atom is 0.498 e. The number of anilines is 1. The monoisotopic (exact) mass is 615 g/mol. The summed E-state index contributed by atoms with van der Waals surface area (Å²) in [7, 11) is -4.25. The molecule has 0 N–H and O–H groups in total. The summed E-state index contributed by atoms with van der Waals surface area (Å²) in [5.41, 5.74) is 0.381. The predicted molar refractivity (Wildman–Crippen MR) is 138 cm³/mol. The highest BCUT2D eigenvalue weighted by Gasteiger charge is 2.47. The number of carbonyl (C=O) groups excluding carboxylic acids is 2. The fourth-order valence-electron chi connectivity index (χ4n) is 4.73. The second-order valence-corrected chi connectivity index (χ2v) is 12.8. The third-order valence-electron chi connectivity index (χ3n) is 7.28. The lowest BCUT2D eigenvalue weighted by Gasteiger charge is -2.39. The molecule has 7 nitrogen and oxygen atoms in total. The number of piperidine rings is 1. The van der Waals surface area contributed by atoms with E-state index in [0.717, 1.165) is 24.4 Å². The summed E-state index contributed by atoms with van der Waals surface area (Å²) in [5.74, 6) is -3.42. The van der Waals surface area contributed by atoms with Crippen LogP contribution in [-0.4, -0.2) is 37.8 Å². The van der Waals surface area contributed by atoms with Crippen LogP contribution in [0, 0.1) is 5.92 Å². The van der Waals surface area contributed by atoms with Gasteiger partial charge in [0.15, 0.2) is 9.84 Å². The Balaban J connectivity index is 1.48. The maximum absolute atomic E-state index is 13.4. The Morgan fingerprint density at radius 2 is 1.62 bits per heavy atom. The molecule has 0 radical (unpaired) electrons. The number of amides is 1. The van der Waals surface area contributed by atoms with E-state index < -0.39 is 49.3 Å². The van der Waals surface area contributed by atoms with E-state index in [-0.39, 0.29) is 25.3 Å². The molecule has 1 aliphatic heterocycles. The molecule has 0 saturated carbocycles. The maximum atomic E-state index is 13.4. The van der Waals surface area contributed by atoms with Gasteiger partial charge in [-0.3, -0.25) is 4.79 Å². The number of pyridine rings is 1. The Bertz CT molecular complexity index is 1600. The van der Waals surface area contributed by atoms with E-state index in [9.17, 15) is 44.3 Å². The Morgan fingerprint density at radius 1 is 0.952 bits per heavy atom. The van der Waals surface area contributed by atoms with Crippen molar-refractivity contribution in [1.29, 1.82) is 0 Å². The standard InChI is InChI=1S/C28H25F6N2O5S/c1-26(2,42(39,40)23-7-3-6-21(15-23)27(29,30)31)20-12-14-36(24(37)16-20)22-10-8-18(9-11-22)19-5-4-13-35(17-19)41-25(38)28(32,33)34/h3-11,13,15,17,20H,12,14,16H2,1-2H3/q+1/t20-/m0/s1. The molecule has 0 spiro atoms. The van der Waals surface area contributed by atoms with E-state index in [1.54, 1.807) is 30.3 Å². The number of nitrogens with zero attached hydrogens (tertiary/aromatic N) is 2. The summed E-state index contributed by atoms with van der Waals surface area (Å²) >= 11 is 0. The van der Waals surface area contributed by atoms with Crippen LogP contribution in [0.25, 0.3) is 11.1 Å². The van der Waals surface area contributed by atoms with Crippen molar-refractivity contribution in [3.8, 4) is 11.1 Å². The molecular weight excluding hydrogens is 590 g/mol. The predicted octanol–water partition coefficient (Wildman–Crippen LogP) is 5.17. The molecule has 1 amide bonds. The van der Waals surface area contributed by atoms with E-state index in [1.165, 1.54) is 31.0 Å². The number of halogens is 6. The van der Waals surface area contributed by atoms with Gasteiger partial charge in [-0.2, -0.15) is 31.2 Å². The summed E-state index contributed by atoms with van der Waals surface area (Å²) in [6, 6.07) is 12.9. The summed E-state index contributed by atoms with van der Waals surface area (Å²) in [6.45, 7) is 2.97. The second kappa shape index (κ2) is 11.0. The molecule has 1 atom stereocenters. The van der Waals surface area contributed by atoms with Gasteiger partial charge in [-0.25, -0.2) is 13.2 Å². The lowest BCUT2D eigenvalue weighted by Crippen LogP contribution is -2.49. The summed E-state index contributed by atoms with van der Waals surface area (Å²) < 4.78 is 103. The van der Waals surface area contributed by atoms with Crippen LogP contribution in [0.5, 0.6) is 0 Å². The molecule has 224 valence electrons. The SMILES string of the molecule is CC(C)([C@H]1CCN(c2ccc(-c3ccc[n+](OC(=O)C(F)(F)F)c3)cc2)C(=O)C1)S(=O)(=O)c1cccc(C(F)(F)F)c1. The number of carbonyl (C=O) groups is 2. The number of benzene rings is 2. The Morgan fingerprint density at radius 3 is 2.21 bits per heavy atom. The smallest absolute Gasteiger partial charge is 0.312 e. The number of alkyl halides is 6. The zero-order valence-electron chi connectivity index (χ0n) is 22.2. The van der Waals surface area contributed by atoms with Gasteiger partial charge in [-0.15, -0.1) is 0 Å². The first-order valence-corrected chi connectivity index (χ1v) is 14.0. The topological polar surface area (TPSA) is 84.6 Å². The highest BCUT2D eigenvalue weighted by atomic mass is 32.2. The zero-order chi connectivity index (χ0) is 31.1. The lowest BCUT2D eigenvalue weighted by atomic mass is 9.85. The molecule has 4 rings (SSSR count). The average molecular weight is 616 g/mol. The second-order valence-electron chi connectivity index (χ2n) is 10.2. The number of sulfone groups is 1. The van der Waals surface area contributed by atoms with Gasteiger partial charge in [0, 0.05) is 29.4 Å². The molecule has 2 heterocycles. The van der Waals surface area contributed by atoms with E-state index >= 15 is 0 Å². The number of hydrogen-bond donors (Lipinski definition) is 0. The number of rotatable bonds is 6. The molecule has 2 aromatic carbocycles. The number of aromatic nitrogens is 1. The first-order valence-electron chi connectivity index (χ1n) is 12.5. The summed E-state index contributed by atoms with van der Waals surface area (Å²) in [5, 5.41) is 0. The van der Waals surface area contributed by atoms with Crippen LogP contribution in [0.3, 0.4) is 0 Å². The van der Waals surface area contributed by atoms with Crippen molar-refractivity contribution in [2.24, 2.45) is 5.92 Å². The largest absolute Gasteiger partial charge is 0.498 e. The van der Waals surface area contributed by atoms with Crippen molar-refractivity contribution in [3.63, 3.8) is 0 Å². The third kappa shape index (κ3) is 6.27. The first-order chi connectivity index (χ1) is 19.4. The van der Waals surface area contributed by atoms with Crippen LogP contribution in [0.15, 0.2) is 78.0 Å². The minimum Gasteiger partial charge on any atom is -0.312 e. The first kappa shape index (κ1) is 31.0. The Labute approximate surface area is 237 Å². The fourth-order valence-corrected chi connectivity index (χ4v) is 6.51. The van der Waals surface area contributed by atoms with Crippen molar-refractivity contribution in [2.45, 2.75) is 48.7 Å². The van der Waals surface area contributed by atoms with E-state index in [1.807, 2.05) is 0 Å². The average Bonchev–Trinajstić information content (AvgIpc) is 2.92. The summed E-state index contributed by atoms with van der Waals surface area (Å²) in [6.07, 6.45) is -7.46. The molecule has 1 aliphatic rings. The normalized spacial score (nSPS) is 16.8. The molecule has 14 heteroatoms. The van der Waals surface area contributed by atoms with Gasteiger partial charge in [0.1, 0.15) is 0 Å². The van der Waals surface area contributed by atoms with Crippen molar-refractivity contribution in [1.82, 2.24) is 0 Å². The zero-order valence-corrected chi connectivity index (χ0v) is 23.1. The van der Waals surface area contributed by atoms with Crippen molar-refractivity contribution in [2.75, 3.05) is 11.4 Å². The molecule has 3 aromatic rings. The third-order valence-corrected chi connectivity index (χ3v) is 9.87. The Hall–Kier alpha value is -3.94. The van der Waals surface area contributed by atoms with Gasteiger partial charge in [0.05, 0.1) is 20.8 Å². The fraction of sp³-hybridized carbons (Fsp3) is 0.321. The van der Waals surface area contributed by atoms with Crippen molar-refractivity contribution >= 4 is 27.4 Å². The van der Waals surface area contributed by atoms with Crippen molar-refractivity contribution < 1.29 is 53.9 Å². The van der Waals surface area contributed by atoms with Crippen LogP contribution in [0.1, 0.15) is 32.3 Å². The Kier molecular flexibility index (Phi) is 8.15. The van der Waals surface area contributed by atoms with Crippen LogP contribution >= 0.6 is 0 Å². The number of hydrogen-bond acceptors (Lipinski definition) is 5. The summed E-state index contributed by atoms with van der Waals surface area (Å²) in [4.78, 5) is 29.5. The minimum absolute atomic E-state index is 0.156. The molecule has 42 heavy (non-hydrogen) atoms. The van der Waals surface area contributed by atoms with E-state index in [2.05, 4.69) is 4.84 Å². The molecule has 0 bridgehead atoms. The molecule has 0 aliphatic carbocycles. The van der Waals surface area contributed by atoms with Crippen LogP contribution in [-0.2, 0) is 25.6 Å². The highest BCUT2D eigenvalue weighted by molar-refractivity contribution is 7.92. The van der Waals surface area contributed by atoms with Crippen LogP contribution < -0.4 is 14.5 Å². The van der Waals surface area contributed by atoms with Gasteiger partial charge in [-0.1, -0.05) is 18.2 Å². The quantitative estimate of drug-likeness (QED) is 0.282. The van der Waals surface area contributed by atoms with Crippen molar-refractivity contribution in [3.05, 3.63) is 78.6 Å². The van der Waals surface area contributed by atoms with E-state index in [0.29, 0.717) is 27.6 Å². The van der Waals surface area contributed by atoms with Gasteiger partial charge in [0.25, 0.3) is 0 Å². The van der Waals surface area contributed by atoms with Gasteiger partial charge in [-0.05, 0) is 68.1 Å².